The molecule has 114 valence electrons. The van der Waals surface area contributed by atoms with Crippen molar-refractivity contribution in [2.45, 2.75) is 26.1 Å². The van der Waals surface area contributed by atoms with Gasteiger partial charge in [-0.3, -0.25) is 0 Å². The normalized spacial score (nSPS) is 11.7. The minimum absolute atomic E-state index is 0.0844. The summed E-state index contributed by atoms with van der Waals surface area (Å²) in [7, 11) is 0. The average molecular weight is 307 g/mol. The molecule has 20 heavy (non-hydrogen) atoms. The molecule has 0 saturated carbocycles. The van der Waals surface area contributed by atoms with E-state index in [1.54, 1.807) is 17.8 Å². The van der Waals surface area contributed by atoms with Gasteiger partial charge >= 0.3 is 6.18 Å². The highest BCUT2D eigenvalue weighted by Gasteiger charge is 2.34. The second-order valence-electron chi connectivity index (χ2n) is 4.30. The molecule has 2 nitrogen and oxygen atoms in total. The molecule has 6 heteroatoms. The number of hydrogen-bond donors (Lipinski definition) is 1. The first-order valence-corrected chi connectivity index (χ1v) is 7.91. The van der Waals surface area contributed by atoms with Gasteiger partial charge in [-0.2, -0.15) is 24.9 Å². The largest absolute Gasteiger partial charge is 0.493 e. The maximum atomic E-state index is 13.0. The van der Waals surface area contributed by atoms with Gasteiger partial charge < -0.3 is 10.1 Å². The summed E-state index contributed by atoms with van der Waals surface area (Å²) in [5.41, 5.74) is -0.0901. The van der Waals surface area contributed by atoms with Crippen LogP contribution in [0, 0.1) is 0 Å². The predicted octanol–water partition coefficient (Wildman–Crippen LogP) is 3.95. The Balaban J connectivity index is 2.81. The maximum Gasteiger partial charge on any atom is 0.419 e. The Bertz CT molecular complexity index is 410. The predicted molar refractivity (Wildman–Crippen MR) is 77.3 cm³/mol. The van der Waals surface area contributed by atoms with Crippen LogP contribution >= 0.6 is 11.8 Å². The fourth-order valence-electron chi connectivity index (χ4n) is 1.69. The van der Waals surface area contributed by atoms with Gasteiger partial charge in [0.25, 0.3) is 0 Å². The van der Waals surface area contributed by atoms with Crippen molar-refractivity contribution < 1.29 is 17.9 Å². The second-order valence-corrected chi connectivity index (χ2v) is 5.29. The Morgan fingerprint density at radius 2 is 2.05 bits per heavy atom. The van der Waals surface area contributed by atoms with Gasteiger partial charge in [-0.15, -0.1) is 0 Å². The fraction of sp³-hybridized carbons (Fsp3) is 0.571. The smallest absolute Gasteiger partial charge is 0.419 e. The maximum absolute atomic E-state index is 13.0. The van der Waals surface area contributed by atoms with E-state index in [0.717, 1.165) is 18.2 Å². The third-order valence-electron chi connectivity index (χ3n) is 2.68. The van der Waals surface area contributed by atoms with E-state index >= 15 is 0 Å². The Morgan fingerprint density at radius 1 is 1.30 bits per heavy atom. The zero-order chi connectivity index (χ0) is 15.0. The van der Waals surface area contributed by atoms with Gasteiger partial charge in [0.1, 0.15) is 5.75 Å². The van der Waals surface area contributed by atoms with Gasteiger partial charge in [-0.25, -0.2) is 0 Å². The van der Waals surface area contributed by atoms with E-state index in [4.69, 9.17) is 4.74 Å². The summed E-state index contributed by atoms with van der Waals surface area (Å²) >= 11 is 1.65. The summed E-state index contributed by atoms with van der Waals surface area (Å²) in [6.07, 6.45) is -1.70. The summed E-state index contributed by atoms with van der Waals surface area (Å²) in [5.74, 6) is 0.790. The molecule has 0 atom stereocenters. The van der Waals surface area contributed by atoms with Crippen molar-refractivity contribution in [1.29, 1.82) is 0 Å². The molecular formula is C14H20F3NOS. The zero-order valence-electron chi connectivity index (χ0n) is 11.7. The van der Waals surface area contributed by atoms with Crippen LogP contribution in [0.15, 0.2) is 18.2 Å². The van der Waals surface area contributed by atoms with Crippen LogP contribution < -0.4 is 10.1 Å². The summed E-state index contributed by atoms with van der Waals surface area (Å²) in [6.45, 7) is 3.35. The van der Waals surface area contributed by atoms with Crippen LogP contribution in [0.1, 0.15) is 24.5 Å². The topological polar surface area (TPSA) is 21.3 Å². The van der Waals surface area contributed by atoms with Gasteiger partial charge in [0.05, 0.1) is 12.2 Å². The first kappa shape index (κ1) is 17.2. The molecule has 1 aromatic rings. The van der Waals surface area contributed by atoms with Gasteiger partial charge in [0.2, 0.25) is 0 Å². The van der Waals surface area contributed by atoms with Crippen LogP contribution in [-0.2, 0) is 12.7 Å². The van der Waals surface area contributed by atoms with E-state index in [2.05, 4.69) is 5.32 Å². The molecule has 0 fully saturated rings. The lowest BCUT2D eigenvalue weighted by molar-refractivity contribution is -0.139. The van der Waals surface area contributed by atoms with E-state index in [-0.39, 0.29) is 5.75 Å². The summed E-state index contributed by atoms with van der Waals surface area (Å²) in [4.78, 5) is 0. The molecule has 1 aromatic carbocycles. The van der Waals surface area contributed by atoms with Crippen LogP contribution in [0.5, 0.6) is 5.75 Å². The van der Waals surface area contributed by atoms with Crippen molar-refractivity contribution >= 4 is 11.8 Å². The monoisotopic (exact) mass is 307 g/mol. The van der Waals surface area contributed by atoms with Gasteiger partial charge in [-0.1, -0.05) is 13.0 Å². The van der Waals surface area contributed by atoms with E-state index in [1.807, 2.05) is 13.2 Å². The first-order valence-electron chi connectivity index (χ1n) is 6.51. The third-order valence-corrected chi connectivity index (χ3v) is 3.38. The molecule has 0 aliphatic carbocycles. The Morgan fingerprint density at radius 3 is 2.65 bits per heavy atom. The van der Waals surface area contributed by atoms with Crippen molar-refractivity contribution in [3.63, 3.8) is 0 Å². The number of hydrogen-bond acceptors (Lipinski definition) is 3. The zero-order valence-corrected chi connectivity index (χ0v) is 12.5. The molecule has 0 saturated heterocycles. The Kier molecular flexibility index (Phi) is 7.23. The van der Waals surface area contributed by atoms with E-state index in [0.29, 0.717) is 25.3 Å². The van der Waals surface area contributed by atoms with E-state index < -0.39 is 11.7 Å². The highest BCUT2D eigenvalue weighted by atomic mass is 32.2. The number of benzene rings is 1. The molecule has 0 amide bonds. The van der Waals surface area contributed by atoms with Crippen molar-refractivity contribution in [2.75, 3.05) is 25.2 Å². The molecular weight excluding hydrogens is 287 g/mol. The van der Waals surface area contributed by atoms with Crippen molar-refractivity contribution in [1.82, 2.24) is 5.32 Å². The lowest BCUT2D eigenvalue weighted by Crippen LogP contribution is -2.14. The molecule has 0 heterocycles. The highest BCUT2D eigenvalue weighted by Crippen LogP contribution is 2.36. The first-order chi connectivity index (χ1) is 9.49. The van der Waals surface area contributed by atoms with Gasteiger partial charge in [0.15, 0.2) is 0 Å². The SMILES string of the molecule is CCNCc1ccc(OCCCSC)c(C(F)(F)F)c1. The quantitative estimate of drug-likeness (QED) is 0.735. The average Bonchev–Trinajstić information content (AvgIpc) is 2.41. The fourth-order valence-corrected chi connectivity index (χ4v) is 2.10. The van der Waals surface area contributed by atoms with Crippen LogP contribution in [-0.4, -0.2) is 25.2 Å². The Labute approximate surface area is 122 Å². The number of thioether (sulfide) groups is 1. The third kappa shape index (κ3) is 5.63. The molecule has 0 aromatic heterocycles. The van der Waals surface area contributed by atoms with E-state index in [1.165, 1.54) is 6.07 Å². The molecule has 0 aliphatic heterocycles. The molecule has 0 radical (unpaired) electrons. The van der Waals surface area contributed by atoms with Crippen molar-refractivity contribution in [2.24, 2.45) is 0 Å². The number of rotatable bonds is 8. The van der Waals surface area contributed by atoms with Crippen LogP contribution in [0.2, 0.25) is 0 Å². The molecule has 0 aliphatic rings. The lowest BCUT2D eigenvalue weighted by atomic mass is 10.1. The molecule has 1 rings (SSSR count). The number of ether oxygens (including phenoxy) is 1. The minimum Gasteiger partial charge on any atom is -0.493 e. The van der Waals surface area contributed by atoms with E-state index in [9.17, 15) is 13.2 Å². The molecule has 0 unspecified atom stereocenters. The van der Waals surface area contributed by atoms with Gasteiger partial charge in [-0.05, 0) is 42.7 Å². The van der Waals surface area contributed by atoms with Crippen LogP contribution in [0.25, 0.3) is 0 Å². The van der Waals surface area contributed by atoms with Gasteiger partial charge in [0, 0.05) is 6.54 Å². The minimum atomic E-state index is -4.39. The number of halogens is 3. The van der Waals surface area contributed by atoms with Crippen molar-refractivity contribution in [3.05, 3.63) is 29.3 Å². The summed E-state index contributed by atoms with van der Waals surface area (Å²) in [5, 5.41) is 3.01. The van der Waals surface area contributed by atoms with Crippen LogP contribution in [0.4, 0.5) is 13.2 Å². The molecule has 1 N–H and O–H groups in total. The molecule has 0 bridgehead atoms. The Hall–Kier alpha value is -0.880. The second kappa shape index (κ2) is 8.42. The van der Waals surface area contributed by atoms with Crippen LogP contribution in [0.3, 0.4) is 0 Å². The number of alkyl halides is 3. The molecule has 0 spiro atoms. The standard InChI is InChI=1S/C14H20F3NOS/c1-3-18-10-11-5-6-13(19-7-4-8-20-2)12(9-11)14(15,16)17/h5-6,9,18H,3-4,7-8,10H2,1-2H3. The number of nitrogens with one attached hydrogen (secondary N) is 1. The summed E-state index contributed by atoms with van der Waals surface area (Å²) in [6, 6.07) is 4.24. The van der Waals surface area contributed by atoms with Crippen molar-refractivity contribution in [3.8, 4) is 5.75 Å². The lowest BCUT2D eigenvalue weighted by Gasteiger charge is -2.15. The summed E-state index contributed by atoms with van der Waals surface area (Å²) < 4.78 is 44.3. The highest BCUT2D eigenvalue weighted by molar-refractivity contribution is 7.98.